The van der Waals surface area contributed by atoms with Gasteiger partial charge in [0, 0.05) is 16.8 Å². The highest BCUT2D eigenvalue weighted by atomic mass is 32.1. The number of nitrogen functional groups attached to an aromatic ring is 1. The van der Waals surface area contributed by atoms with Crippen LogP contribution in [0.2, 0.25) is 0 Å². The lowest BCUT2D eigenvalue weighted by molar-refractivity contribution is 0.103. The number of rotatable bonds is 3. The van der Waals surface area contributed by atoms with E-state index in [1.165, 1.54) is 41.0 Å². The normalized spacial score (nSPS) is 13.6. The molecule has 2 heterocycles. The van der Waals surface area contributed by atoms with Crippen molar-refractivity contribution in [3.8, 4) is 0 Å². The molecule has 0 radical (unpaired) electrons. The smallest absolute Gasteiger partial charge is 0.267 e. The number of nitrogens with zero attached hydrogens (tertiary/aromatic N) is 1. The SMILES string of the molecule is CCc1nc2sc(C(=O)Nc3ccccc3)c(N)c2c2c1CCCC2. The van der Waals surface area contributed by atoms with Gasteiger partial charge < -0.3 is 11.1 Å². The predicted octanol–water partition coefficient (Wildman–Crippen LogP) is 4.57. The Morgan fingerprint density at radius 1 is 1.20 bits per heavy atom. The summed E-state index contributed by atoms with van der Waals surface area (Å²) in [6.07, 6.45) is 5.40. The molecule has 5 heteroatoms. The summed E-state index contributed by atoms with van der Waals surface area (Å²) in [6.45, 7) is 2.14. The number of carbonyl (C=O) groups excluding carboxylic acids is 1. The zero-order valence-electron chi connectivity index (χ0n) is 14.3. The maximum absolute atomic E-state index is 12.7. The maximum Gasteiger partial charge on any atom is 0.267 e. The van der Waals surface area contributed by atoms with Crippen molar-refractivity contribution in [2.45, 2.75) is 39.0 Å². The van der Waals surface area contributed by atoms with Crippen LogP contribution in [0, 0.1) is 0 Å². The second-order valence-corrected chi connectivity index (χ2v) is 7.42. The van der Waals surface area contributed by atoms with Crippen molar-refractivity contribution in [2.75, 3.05) is 11.1 Å². The van der Waals surface area contributed by atoms with E-state index >= 15 is 0 Å². The van der Waals surface area contributed by atoms with E-state index in [-0.39, 0.29) is 5.91 Å². The van der Waals surface area contributed by atoms with Gasteiger partial charge in [-0.1, -0.05) is 25.1 Å². The van der Waals surface area contributed by atoms with Gasteiger partial charge in [0.15, 0.2) is 0 Å². The third-order valence-corrected chi connectivity index (χ3v) is 5.95. The van der Waals surface area contributed by atoms with E-state index in [1.807, 2.05) is 30.3 Å². The molecule has 128 valence electrons. The van der Waals surface area contributed by atoms with Gasteiger partial charge in [0.05, 0.1) is 5.69 Å². The summed E-state index contributed by atoms with van der Waals surface area (Å²) in [5.74, 6) is -0.158. The molecule has 0 fully saturated rings. The molecule has 1 amide bonds. The Labute approximate surface area is 151 Å². The van der Waals surface area contributed by atoms with Gasteiger partial charge >= 0.3 is 0 Å². The number of nitrogens with two attached hydrogens (primary N) is 1. The Kier molecular flexibility index (Phi) is 4.17. The van der Waals surface area contributed by atoms with Crippen molar-refractivity contribution < 1.29 is 4.79 Å². The van der Waals surface area contributed by atoms with Crippen molar-refractivity contribution >= 4 is 38.8 Å². The summed E-state index contributed by atoms with van der Waals surface area (Å²) < 4.78 is 0. The third kappa shape index (κ3) is 2.78. The average molecular weight is 351 g/mol. The number of nitrogens with one attached hydrogen (secondary N) is 1. The van der Waals surface area contributed by atoms with E-state index < -0.39 is 0 Å². The Morgan fingerprint density at radius 3 is 2.64 bits per heavy atom. The Bertz CT molecular complexity index is 947. The van der Waals surface area contributed by atoms with Crippen molar-refractivity contribution in [3.63, 3.8) is 0 Å². The van der Waals surface area contributed by atoms with Gasteiger partial charge in [-0.2, -0.15) is 0 Å². The van der Waals surface area contributed by atoms with E-state index in [9.17, 15) is 4.79 Å². The number of para-hydroxylation sites is 1. The number of benzene rings is 1. The number of aromatic nitrogens is 1. The number of carbonyl (C=O) groups is 1. The van der Waals surface area contributed by atoms with Crippen LogP contribution in [0.15, 0.2) is 30.3 Å². The number of thiophene rings is 1. The van der Waals surface area contributed by atoms with Crippen molar-refractivity contribution in [1.82, 2.24) is 4.98 Å². The predicted molar refractivity (Wildman–Crippen MR) is 104 cm³/mol. The fourth-order valence-electron chi connectivity index (χ4n) is 3.66. The molecule has 3 N–H and O–H groups in total. The maximum atomic E-state index is 12.7. The van der Waals surface area contributed by atoms with Crippen LogP contribution >= 0.6 is 11.3 Å². The molecule has 1 aliphatic rings. The van der Waals surface area contributed by atoms with Gasteiger partial charge in [-0.15, -0.1) is 11.3 Å². The van der Waals surface area contributed by atoms with Gasteiger partial charge in [-0.25, -0.2) is 4.98 Å². The molecule has 0 spiro atoms. The molecule has 0 bridgehead atoms. The zero-order valence-corrected chi connectivity index (χ0v) is 15.1. The zero-order chi connectivity index (χ0) is 17.4. The van der Waals surface area contributed by atoms with Gasteiger partial charge in [0.2, 0.25) is 0 Å². The van der Waals surface area contributed by atoms with E-state index in [4.69, 9.17) is 10.7 Å². The van der Waals surface area contributed by atoms with E-state index in [1.54, 1.807) is 0 Å². The average Bonchev–Trinajstić information content (AvgIpc) is 2.98. The van der Waals surface area contributed by atoms with Gasteiger partial charge in [0.25, 0.3) is 5.91 Å². The first-order valence-corrected chi connectivity index (χ1v) is 9.59. The van der Waals surface area contributed by atoms with Crippen molar-refractivity contribution in [1.29, 1.82) is 0 Å². The summed E-state index contributed by atoms with van der Waals surface area (Å²) in [7, 11) is 0. The minimum atomic E-state index is -0.158. The monoisotopic (exact) mass is 351 g/mol. The number of pyridine rings is 1. The van der Waals surface area contributed by atoms with Crippen LogP contribution in [0.3, 0.4) is 0 Å². The standard InChI is InChI=1S/C20H21N3OS/c1-2-15-13-10-6-7-11-14(13)16-17(21)18(25-20(16)23-15)19(24)22-12-8-4-3-5-9-12/h3-5,8-9H,2,6-7,10-11,21H2,1H3,(H,22,24). The molecule has 0 atom stereocenters. The van der Waals surface area contributed by atoms with E-state index in [0.717, 1.165) is 35.2 Å². The highest BCUT2D eigenvalue weighted by molar-refractivity contribution is 7.21. The number of aryl methyl sites for hydroxylation is 2. The van der Waals surface area contributed by atoms with E-state index in [2.05, 4.69) is 12.2 Å². The molecular weight excluding hydrogens is 330 g/mol. The van der Waals surface area contributed by atoms with Gasteiger partial charge in [-0.05, 0) is 55.4 Å². The molecule has 2 aromatic heterocycles. The van der Waals surface area contributed by atoms with Crippen LogP contribution in [0.4, 0.5) is 11.4 Å². The minimum Gasteiger partial charge on any atom is -0.397 e. The fourth-order valence-corrected chi connectivity index (χ4v) is 4.70. The molecule has 4 rings (SSSR count). The second-order valence-electron chi connectivity index (χ2n) is 6.42. The van der Waals surface area contributed by atoms with Crippen LogP contribution in [-0.2, 0) is 19.3 Å². The van der Waals surface area contributed by atoms with Crippen LogP contribution in [0.5, 0.6) is 0 Å². The summed E-state index contributed by atoms with van der Waals surface area (Å²) >= 11 is 1.41. The molecule has 25 heavy (non-hydrogen) atoms. The van der Waals surface area contributed by atoms with Gasteiger partial charge in [0.1, 0.15) is 9.71 Å². The molecule has 0 aliphatic heterocycles. The molecule has 0 saturated carbocycles. The van der Waals surface area contributed by atoms with Crippen LogP contribution in [0.25, 0.3) is 10.2 Å². The number of fused-ring (bicyclic) bond motifs is 3. The first-order chi connectivity index (χ1) is 12.2. The molecule has 1 aliphatic carbocycles. The lowest BCUT2D eigenvalue weighted by Crippen LogP contribution is -2.12. The highest BCUT2D eigenvalue weighted by Crippen LogP contribution is 2.40. The molecule has 4 nitrogen and oxygen atoms in total. The van der Waals surface area contributed by atoms with E-state index in [0.29, 0.717) is 10.6 Å². The summed E-state index contributed by atoms with van der Waals surface area (Å²) in [5, 5.41) is 3.94. The van der Waals surface area contributed by atoms with Crippen LogP contribution < -0.4 is 11.1 Å². The molecule has 0 unspecified atom stereocenters. The van der Waals surface area contributed by atoms with Gasteiger partial charge in [-0.3, -0.25) is 4.79 Å². The number of hydrogen-bond donors (Lipinski definition) is 2. The quantitative estimate of drug-likeness (QED) is 0.726. The fraction of sp³-hybridized carbons (Fsp3) is 0.300. The molecule has 0 saturated heterocycles. The van der Waals surface area contributed by atoms with Crippen LogP contribution in [0.1, 0.15) is 46.3 Å². The molecular formula is C20H21N3OS. The minimum absolute atomic E-state index is 0.158. The van der Waals surface area contributed by atoms with Crippen molar-refractivity contribution in [2.24, 2.45) is 0 Å². The van der Waals surface area contributed by atoms with Crippen molar-refractivity contribution in [3.05, 3.63) is 52.0 Å². The second kappa shape index (κ2) is 6.48. The summed E-state index contributed by atoms with van der Waals surface area (Å²) in [6, 6.07) is 9.46. The Morgan fingerprint density at radius 2 is 1.92 bits per heavy atom. The first kappa shape index (κ1) is 16.1. The third-order valence-electron chi connectivity index (χ3n) is 4.85. The number of anilines is 2. The summed E-state index contributed by atoms with van der Waals surface area (Å²) in [4.78, 5) is 19.0. The highest BCUT2D eigenvalue weighted by Gasteiger charge is 2.24. The summed E-state index contributed by atoms with van der Waals surface area (Å²) in [5.41, 5.74) is 11.6. The topological polar surface area (TPSA) is 68.0 Å². The lowest BCUT2D eigenvalue weighted by atomic mass is 9.88. The lowest BCUT2D eigenvalue weighted by Gasteiger charge is -2.19. The Hall–Kier alpha value is -2.40. The molecule has 1 aromatic carbocycles. The molecule has 3 aromatic rings. The number of amides is 1. The largest absolute Gasteiger partial charge is 0.397 e. The Balaban J connectivity index is 1.81. The van der Waals surface area contributed by atoms with Crippen LogP contribution in [-0.4, -0.2) is 10.9 Å². The first-order valence-electron chi connectivity index (χ1n) is 8.78. The number of hydrogen-bond acceptors (Lipinski definition) is 4.